The number of hydrogen-bond donors (Lipinski definition) is 0. The third-order valence-electron chi connectivity index (χ3n) is 4.12. The van der Waals surface area contributed by atoms with Crippen molar-refractivity contribution in [3.8, 4) is 0 Å². The zero-order valence-corrected chi connectivity index (χ0v) is 14.0. The molecule has 0 spiro atoms. The predicted octanol–water partition coefficient (Wildman–Crippen LogP) is 5.81. The lowest BCUT2D eigenvalue weighted by Gasteiger charge is -2.20. The van der Waals surface area contributed by atoms with Gasteiger partial charge < -0.3 is 4.57 Å². The molecule has 114 valence electrons. The lowest BCUT2D eigenvalue weighted by atomic mass is 9.95. The molecule has 1 heterocycles. The molecule has 1 unspecified atom stereocenters. The standard InChI is InChI=1S/C19H21ClN2/c1-4-16(14-8-6-5-7-9-14)19-21-17-12-15(20)10-11-18(17)22(19)13(2)3/h5-13,16H,4H2,1-3H3. The average Bonchev–Trinajstić information content (AvgIpc) is 2.87. The van der Waals surface area contributed by atoms with E-state index in [1.54, 1.807) is 0 Å². The highest BCUT2D eigenvalue weighted by atomic mass is 35.5. The van der Waals surface area contributed by atoms with Gasteiger partial charge in [-0.05, 0) is 44.0 Å². The maximum atomic E-state index is 6.14. The minimum Gasteiger partial charge on any atom is -0.325 e. The summed E-state index contributed by atoms with van der Waals surface area (Å²) in [5, 5.41) is 0.736. The molecule has 0 saturated heterocycles. The van der Waals surface area contributed by atoms with Crippen molar-refractivity contribution in [1.29, 1.82) is 0 Å². The van der Waals surface area contributed by atoms with Gasteiger partial charge in [0.05, 0.1) is 11.0 Å². The quantitative estimate of drug-likeness (QED) is 0.594. The van der Waals surface area contributed by atoms with E-state index in [2.05, 4.69) is 61.7 Å². The zero-order valence-electron chi connectivity index (χ0n) is 13.3. The summed E-state index contributed by atoms with van der Waals surface area (Å²) in [6.45, 7) is 6.63. The molecule has 0 saturated carbocycles. The topological polar surface area (TPSA) is 17.8 Å². The van der Waals surface area contributed by atoms with Gasteiger partial charge in [0, 0.05) is 17.0 Å². The molecule has 0 radical (unpaired) electrons. The second-order valence-electron chi connectivity index (χ2n) is 5.94. The largest absolute Gasteiger partial charge is 0.325 e. The molecular weight excluding hydrogens is 292 g/mol. The Morgan fingerprint density at radius 2 is 1.82 bits per heavy atom. The van der Waals surface area contributed by atoms with E-state index in [0.29, 0.717) is 12.0 Å². The molecule has 2 nitrogen and oxygen atoms in total. The van der Waals surface area contributed by atoms with Crippen LogP contribution in [-0.2, 0) is 0 Å². The van der Waals surface area contributed by atoms with E-state index < -0.39 is 0 Å². The fraction of sp³-hybridized carbons (Fsp3) is 0.316. The summed E-state index contributed by atoms with van der Waals surface area (Å²) >= 11 is 6.14. The van der Waals surface area contributed by atoms with E-state index in [-0.39, 0.29) is 0 Å². The van der Waals surface area contributed by atoms with E-state index in [0.717, 1.165) is 28.3 Å². The molecule has 2 aromatic carbocycles. The monoisotopic (exact) mass is 312 g/mol. The first-order chi connectivity index (χ1) is 10.6. The molecule has 0 aliphatic rings. The Balaban J connectivity index is 2.22. The molecule has 0 bridgehead atoms. The van der Waals surface area contributed by atoms with Crippen LogP contribution in [0, 0.1) is 0 Å². The minimum atomic E-state index is 0.301. The molecule has 0 amide bonds. The number of fused-ring (bicyclic) bond motifs is 1. The Morgan fingerprint density at radius 1 is 1.09 bits per heavy atom. The molecular formula is C19H21ClN2. The Kier molecular flexibility index (Phi) is 4.21. The van der Waals surface area contributed by atoms with Crippen LogP contribution < -0.4 is 0 Å². The van der Waals surface area contributed by atoms with Crippen LogP contribution in [0.25, 0.3) is 11.0 Å². The number of rotatable bonds is 4. The van der Waals surface area contributed by atoms with Crippen LogP contribution >= 0.6 is 11.6 Å². The molecule has 0 aliphatic heterocycles. The number of hydrogen-bond acceptors (Lipinski definition) is 1. The molecule has 3 heteroatoms. The van der Waals surface area contributed by atoms with Crippen LogP contribution in [0.2, 0.25) is 5.02 Å². The Hall–Kier alpha value is -1.80. The second-order valence-corrected chi connectivity index (χ2v) is 6.37. The average molecular weight is 313 g/mol. The van der Waals surface area contributed by atoms with Gasteiger partial charge in [0.25, 0.3) is 0 Å². The van der Waals surface area contributed by atoms with E-state index >= 15 is 0 Å². The SMILES string of the molecule is CCC(c1ccccc1)c1nc2cc(Cl)ccc2n1C(C)C. The van der Waals surface area contributed by atoms with E-state index in [9.17, 15) is 0 Å². The Morgan fingerprint density at radius 3 is 2.45 bits per heavy atom. The molecule has 1 atom stereocenters. The first-order valence-corrected chi connectivity index (χ1v) is 8.22. The molecule has 1 aromatic heterocycles. The van der Waals surface area contributed by atoms with E-state index in [1.807, 2.05) is 12.1 Å². The Bertz CT molecular complexity index is 775. The van der Waals surface area contributed by atoms with Gasteiger partial charge in [-0.1, -0.05) is 48.9 Å². The van der Waals surface area contributed by atoms with Crippen molar-refractivity contribution in [3.63, 3.8) is 0 Å². The molecule has 22 heavy (non-hydrogen) atoms. The first-order valence-electron chi connectivity index (χ1n) is 7.84. The lowest BCUT2D eigenvalue weighted by Crippen LogP contribution is -2.11. The Labute approximate surface area is 136 Å². The van der Waals surface area contributed by atoms with Crippen molar-refractivity contribution in [1.82, 2.24) is 9.55 Å². The van der Waals surface area contributed by atoms with Gasteiger partial charge in [-0.2, -0.15) is 0 Å². The first kappa shape index (κ1) is 15.1. The van der Waals surface area contributed by atoms with Crippen molar-refractivity contribution >= 4 is 22.6 Å². The summed E-state index contributed by atoms with van der Waals surface area (Å²) in [7, 11) is 0. The third kappa shape index (κ3) is 2.64. The maximum Gasteiger partial charge on any atom is 0.117 e. The molecule has 3 rings (SSSR count). The molecule has 0 fully saturated rings. The smallest absolute Gasteiger partial charge is 0.117 e. The highest BCUT2D eigenvalue weighted by molar-refractivity contribution is 6.31. The number of aromatic nitrogens is 2. The van der Waals surface area contributed by atoms with E-state index in [4.69, 9.17) is 16.6 Å². The highest BCUT2D eigenvalue weighted by Crippen LogP contribution is 2.33. The van der Waals surface area contributed by atoms with Gasteiger partial charge in [0.15, 0.2) is 0 Å². The normalized spacial score (nSPS) is 13.0. The summed E-state index contributed by atoms with van der Waals surface area (Å²) in [5.74, 6) is 1.43. The van der Waals surface area contributed by atoms with E-state index in [1.165, 1.54) is 5.56 Å². The third-order valence-corrected chi connectivity index (χ3v) is 4.35. The van der Waals surface area contributed by atoms with Crippen molar-refractivity contribution in [2.24, 2.45) is 0 Å². The summed E-state index contributed by atoms with van der Waals surface area (Å²) in [4.78, 5) is 4.92. The van der Waals surface area contributed by atoms with Crippen LogP contribution in [0.5, 0.6) is 0 Å². The number of halogens is 1. The highest BCUT2D eigenvalue weighted by Gasteiger charge is 2.21. The summed E-state index contributed by atoms with van der Waals surface area (Å²) in [5.41, 5.74) is 3.45. The maximum absolute atomic E-state index is 6.14. The fourth-order valence-electron chi connectivity index (χ4n) is 3.13. The van der Waals surface area contributed by atoms with Gasteiger partial charge in [-0.25, -0.2) is 4.98 Å². The summed E-state index contributed by atoms with van der Waals surface area (Å²) < 4.78 is 2.34. The van der Waals surface area contributed by atoms with Crippen molar-refractivity contribution in [3.05, 3.63) is 64.9 Å². The van der Waals surface area contributed by atoms with Crippen LogP contribution in [0.4, 0.5) is 0 Å². The van der Waals surface area contributed by atoms with Gasteiger partial charge in [0.2, 0.25) is 0 Å². The zero-order chi connectivity index (χ0) is 15.7. The van der Waals surface area contributed by atoms with Crippen LogP contribution in [0.3, 0.4) is 0 Å². The molecule has 3 aromatic rings. The molecule has 0 N–H and O–H groups in total. The number of imidazole rings is 1. The number of benzene rings is 2. The minimum absolute atomic E-state index is 0.301. The van der Waals surface area contributed by atoms with Crippen LogP contribution in [-0.4, -0.2) is 9.55 Å². The van der Waals surface area contributed by atoms with Crippen molar-refractivity contribution < 1.29 is 0 Å². The summed E-state index contributed by atoms with van der Waals surface area (Å²) in [6, 6.07) is 17.0. The van der Waals surface area contributed by atoms with Crippen LogP contribution in [0.15, 0.2) is 48.5 Å². The lowest BCUT2D eigenvalue weighted by molar-refractivity contribution is 0.557. The second kappa shape index (κ2) is 6.13. The van der Waals surface area contributed by atoms with Crippen molar-refractivity contribution in [2.45, 2.75) is 39.2 Å². The van der Waals surface area contributed by atoms with Crippen molar-refractivity contribution in [2.75, 3.05) is 0 Å². The fourth-order valence-corrected chi connectivity index (χ4v) is 3.30. The van der Waals surface area contributed by atoms with Gasteiger partial charge in [-0.15, -0.1) is 0 Å². The van der Waals surface area contributed by atoms with Gasteiger partial charge in [-0.3, -0.25) is 0 Å². The van der Waals surface area contributed by atoms with Crippen LogP contribution in [0.1, 0.15) is 50.5 Å². The molecule has 0 aliphatic carbocycles. The number of nitrogens with zero attached hydrogens (tertiary/aromatic N) is 2. The summed E-state index contributed by atoms with van der Waals surface area (Å²) in [6.07, 6.45) is 1.02. The van der Waals surface area contributed by atoms with Gasteiger partial charge >= 0.3 is 0 Å². The predicted molar refractivity (Wildman–Crippen MR) is 93.7 cm³/mol. The van der Waals surface area contributed by atoms with Gasteiger partial charge in [0.1, 0.15) is 5.82 Å².